The first-order valence-electron chi connectivity index (χ1n) is 24.1. The third-order valence-electron chi connectivity index (χ3n) is 17.1. The minimum atomic E-state index is -4.26. The number of ether oxygens (including phenoxy) is 2. The first kappa shape index (κ1) is 40.8. The number of anilines is 2. The summed E-state index contributed by atoms with van der Waals surface area (Å²) in [6.07, 6.45) is 25.9. The van der Waals surface area contributed by atoms with Crippen LogP contribution >= 0.6 is 0 Å². The fourth-order valence-corrected chi connectivity index (χ4v) is 16.5. The highest BCUT2D eigenvalue weighted by Crippen LogP contribution is 2.67. The maximum absolute atomic E-state index is 14.2. The van der Waals surface area contributed by atoms with E-state index in [1.165, 1.54) is 51.9 Å². The van der Waals surface area contributed by atoms with Gasteiger partial charge in [0, 0.05) is 41.1 Å². The molecular formula is C46H61FN8O6S2. The van der Waals surface area contributed by atoms with Gasteiger partial charge in [0.15, 0.2) is 11.3 Å². The molecule has 13 rings (SSSR count). The van der Waals surface area contributed by atoms with Gasteiger partial charge in [0.2, 0.25) is 27.4 Å². The molecule has 4 bridgehead atoms. The molecule has 0 aliphatic heterocycles. The third kappa shape index (κ3) is 7.46. The van der Waals surface area contributed by atoms with Crippen LogP contribution in [-0.4, -0.2) is 69.5 Å². The molecule has 2 N–H and O–H groups in total. The highest BCUT2D eigenvalue weighted by molar-refractivity contribution is 7.93. The van der Waals surface area contributed by atoms with Crippen molar-refractivity contribution in [3.63, 3.8) is 0 Å². The summed E-state index contributed by atoms with van der Waals surface area (Å²) < 4.78 is 89.7. The predicted octanol–water partition coefficient (Wildman–Crippen LogP) is 8.90. The Morgan fingerprint density at radius 2 is 1.37 bits per heavy atom. The van der Waals surface area contributed by atoms with Crippen LogP contribution in [0.3, 0.4) is 0 Å². The van der Waals surface area contributed by atoms with Gasteiger partial charge in [0.25, 0.3) is 10.0 Å². The maximum atomic E-state index is 14.2. The average molecular weight is 905 g/mol. The van der Waals surface area contributed by atoms with Gasteiger partial charge in [-0.15, -0.1) is 20.4 Å². The summed E-state index contributed by atoms with van der Waals surface area (Å²) in [7, 11) is -7.95. The van der Waals surface area contributed by atoms with Crippen molar-refractivity contribution in [2.75, 3.05) is 16.1 Å². The summed E-state index contributed by atoms with van der Waals surface area (Å²) in [6.45, 7) is 2.06. The topological polar surface area (TPSA) is 171 Å². The summed E-state index contributed by atoms with van der Waals surface area (Å²) in [6, 6.07) is 3.82. The number of rotatable bonds is 15. The van der Waals surface area contributed by atoms with Gasteiger partial charge >= 0.3 is 0 Å². The van der Waals surface area contributed by atoms with Crippen molar-refractivity contribution in [2.45, 2.75) is 164 Å². The van der Waals surface area contributed by atoms with Crippen LogP contribution < -0.4 is 18.9 Å². The number of hydrogen-bond donors (Lipinski definition) is 2. The zero-order valence-corrected chi connectivity index (χ0v) is 37.9. The van der Waals surface area contributed by atoms with Crippen molar-refractivity contribution in [1.29, 1.82) is 0 Å². The molecule has 9 aliphatic carbocycles. The Balaban J connectivity index is 0.711. The Hall–Kier alpha value is -3.73. The van der Waals surface area contributed by atoms with E-state index in [1.807, 2.05) is 28.9 Å². The Kier molecular flexibility index (Phi) is 9.64. The summed E-state index contributed by atoms with van der Waals surface area (Å²) >= 11 is 0. The van der Waals surface area contributed by atoms with E-state index >= 15 is 0 Å². The number of halogens is 1. The first-order valence-corrected chi connectivity index (χ1v) is 27.2. The van der Waals surface area contributed by atoms with Gasteiger partial charge in [-0.2, -0.15) is 0 Å². The number of aromatic nitrogens is 6. The van der Waals surface area contributed by atoms with Crippen LogP contribution in [-0.2, 0) is 20.0 Å². The molecule has 9 aliphatic rings. The molecule has 14 nitrogen and oxygen atoms in total. The lowest BCUT2D eigenvalue weighted by Gasteiger charge is -2.60. The highest BCUT2D eigenvalue weighted by atomic mass is 32.2. The second kappa shape index (κ2) is 14.9. The molecule has 0 amide bonds. The molecule has 4 heterocycles. The van der Waals surface area contributed by atoms with Gasteiger partial charge in [0.1, 0.15) is 11.5 Å². The lowest BCUT2D eigenvalue weighted by Crippen LogP contribution is -2.54. The van der Waals surface area contributed by atoms with Gasteiger partial charge < -0.3 is 9.47 Å². The summed E-state index contributed by atoms with van der Waals surface area (Å²) in [5, 5.41) is 16.7. The molecule has 9 saturated carbocycles. The minimum Gasteiger partial charge on any atom is -0.493 e. The molecule has 63 heavy (non-hydrogen) atoms. The minimum absolute atomic E-state index is 0.0308. The van der Waals surface area contributed by atoms with Gasteiger partial charge in [-0.05, 0) is 156 Å². The lowest BCUT2D eigenvalue weighted by atomic mass is 9.45. The molecular weight excluding hydrogens is 844 g/mol. The summed E-state index contributed by atoms with van der Waals surface area (Å²) in [4.78, 5) is 0. The zero-order chi connectivity index (χ0) is 42.9. The van der Waals surface area contributed by atoms with E-state index in [2.05, 4.69) is 29.8 Å². The van der Waals surface area contributed by atoms with Crippen LogP contribution in [0.15, 0.2) is 24.5 Å². The molecule has 9 fully saturated rings. The number of nitrogens with zero attached hydrogens (tertiary/aromatic N) is 6. The Bertz CT molecular complexity index is 2630. The van der Waals surface area contributed by atoms with Crippen molar-refractivity contribution < 1.29 is 30.7 Å². The molecule has 0 aromatic carbocycles. The maximum Gasteiger partial charge on any atom is 0.267 e. The number of pyridine rings is 2. The Morgan fingerprint density at radius 1 is 0.762 bits per heavy atom. The normalized spacial score (nSPS) is 32.0. The largest absolute Gasteiger partial charge is 0.493 e. The van der Waals surface area contributed by atoms with Gasteiger partial charge in [-0.3, -0.25) is 13.5 Å². The van der Waals surface area contributed by atoms with E-state index in [9.17, 15) is 21.2 Å². The van der Waals surface area contributed by atoms with Crippen LogP contribution in [0.4, 0.5) is 16.3 Å². The quantitative estimate of drug-likeness (QED) is 0.117. The number of hydrogen-bond acceptors (Lipinski definition) is 10. The molecule has 5 unspecified atom stereocenters. The van der Waals surface area contributed by atoms with Crippen LogP contribution in [0.5, 0.6) is 11.5 Å². The third-order valence-corrected chi connectivity index (χ3v) is 20.4. The van der Waals surface area contributed by atoms with Crippen LogP contribution in [0, 0.1) is 40.4 Å². The molecule has 17 heteroatoms. The van der Waals surface area contributed by atoms with Crippen molar-refractivity contribution in [3.8, 4) is 11.5 Å². The zero-order valence-electron chi connectivity index (χ0n) is 36.3. The van der Waals surface area contributed by atoms with Gasteiger partial charge in [-0.1, -0.05) is 26.2 Å². The van der Waals surface area contributed by atoms with Gasteiger partial charge in [-0.25, -0.2) is 25.9 Å². The fraction of sp³-hybridized carbons (Fsp3) is 0.739. The van der Waals surface area contributed by atoms with E-state index in [1.54, 1.807) is 4.40 Å². The molecule has 1 spiro atoms. The molecule has 0 radical (unpaired) electrons. The van der Waals surface area contributed by atoms with E-state index in [0.717, 1.165) is 93.3 Å². The summed E-state index contributed by atoms with van der Waals surface area (Å²) in [5.74, 6) is 4.67. The Labute approximate surface area is 369 Å². The molecule has 4 aromatic heterocycles. The van der Waals surface area contributed by atoms with Crippen molar-refractivity contribution in [3.05, 3.63) is 35.7 Å². The van der Waals surface area contributed by atoms with Crippen LogP contribution in [0.2, 0.25) is 0 Å². The number of alkyl halides is 1. The van der Waals surface area contributed by atoms with Crippen LogP contribution in [0.1, 0.15) is 158 Å². The highest BCUT2D eigenvalue weighted by Gasteiger charge is 2.63. The SMILES string of the molecule is CCC(F)S(=O)(=O)Nc1nnc2cc(OCC34CC5CC(C3)C(C3CC3S(=O)(=O)Nc3nnc6cc(OC7CCC8(CCCCC8)CC7)c(C7CC7)cn36)C(C5)C4)c(C3CC3)cn12. The smallest absolute Gasteiger partial charge is 0.267 e. The second-order valence-electron chi connectivity index (χ2n) is 21.5. The van der Waals surface area contributed by atoms with Crippen molar-refractivity contribution in [1.82, 2.24) is 29.2 Å². The van der Waals surface area contributed by atoms with E-state index in [4.69, 9.17) is 9.47 Å². The van der Waals surface area contributed by atoms with Crippen molar-refractivity contribution in [2.24, 2.45) is 40.4 Å². The van der Waals surface area contributed by atoms with E-state index < -0.39 is 30.8 Å². The fourth-order valence-electron chi connectivity index (χ4n) is 13.8. The van der Waals surface area contributed by atoms with Crippen LogP contribution in [0.25, 0.3) is 11.3 Å². The lowest BCUT2D eigenvalue weighted by molar-refractivity contribution is -0.117. The first-order chi connectivity index (χ1) is 30.4. The standard InChI is InChI=1S/C46H61FN8O6S2/c1-2-39(47)63(58,59)53-44-51-48-40-19-36(34(24-54(40)44)28-6-7-28)60-26-46-21-27-16-30(22-46)42(31(17-27)23-46)33-18-38(33)62(56,57)52-43-50-49-41-20-37(35(25-55(41)43)29-8-9-29)61-32-10-14-45(15-11-32)12-4-3-5-13-45/h19-20,24-25,27-33,38-39,42H,2-18,21-23,26H2,1H3,(H,50,52)(H,51,53). The summed E-state index contributed by atoms with van der Waals surface area (Å²) in [5.41, 5.74) is 1.68. The number of nitrogens with one attached hydrogen (secondary N) is 2. The van der Waals surface area contributed by atoms with E-state index in [0.29, 0.717) is 65.2 Å². The Morgan fingerprint density at radius 3 is 1.98 bits per heavy atom. The van der Waals surface area contributed by atoms with Crippen molar-refractivity contribution >= 4 is 43.2 Å². The number of sulfonamides is 2. The van der Waals surface area contributed by atoms with Gasteiger partial charge in [0.05, 0.1) is 18.0 Å². The predicted molar refractivity (Wildman–Crippen MR) is 235 cm³/mol. The average Bonchev–Trinajstić information content (AvgIpc) is 4.17. The van der Waals surface area contributed by atoms with E-state index in [-0.39, 0.29) is 35.8 Å². The molecule has 0 saturated heterocycles. The molecule has 5 atom stereocenters. The number of fused-ring (bicyclic) bond motifs is 2. The molecule has 4 aromatic rings. The monoisotopic (exact) mass is 904 g/mol. The molecule has 340 valence electrons. The second-order valence-corrected chi connectivity index (χ2v) is 25.2.